The number of rotatable bonds is 10. The lowest BCUT2D eigenvalue weighted by Crippen LogP contribution is -2.47. The molecule has 0 aromatic carbocycles. The molecule has 0 aromatic rings. The molecule has 4 nitrogen and oxygen atoms in total. The number of ether oxygens (including phenoxy) is 1. The molecule has 5 heteroatoms. The standard InChI is InChI=1S/C15H31N3OS/c1-16-14(17-10-4-5-12-20-3)18-13-15(7-6-8-15)9-11-19-2/h4-13H2,1-3H3,(H2,16,17,18). The van der Waals surface area contributed by atoms with E-state index in [0.29, 0.717) is 5.41 Å². The second-order valence-electron chi connectivity index (χ2n) is 5.65. The zero-order valence-corrected chi connectivity index (χ0v) is 14.2. The molecule has 0 aromatic heterocycles. The molecule has 0 amide bonds. The molecule has 0 bridgehead atoms. The average Bonchev–Trinajstić information content (AvgIpc) is 2.43. The molecule has 0 saturated heterocycles. The summed E-state index contributed by atoms with van der Waals surface area (Å²) in [6, 6.07) is 0. The van der Waals surface area contributed by atoms with Crippen molar-refractivity contribution in [1.29, 1.82) is 0 Å². The number of methoxy groups -OCH3 is 1. The van der Waals surface area contributed by atoms with E-state index in [-0.39, 0.29) is 0 Å². The Labute approximate surface area is 128 Å². The van der Waals surface area contributed by atoms with Crippen LogP contribution in [0.5, 0.6) is 0 Å². The normalized spacial score (nSPS) is 17.6. The number of thioether (sulfide) groups is 1. The van der Waals surface area contributed by atoms with Crippen molar-refractivity contribution in [2.75, 3.05) is 45.9 Å². The van der Waals surface area contributed by atoms with E-state index in [0.717, 1.165) is 32.1 Å². The highest BCUT2D eigenvalue weighted by Crippen LogP contribution is 2.43. The van der Waals surface area contributed by atoms with Crippen molar-refractivity contribution in [3.05, 3.63) is 0 Å². The Kier molecular flexibility index (Phi) is 9.10. The SMILES string of the molecule is CN=C(NCCCCSC)NCC1(CCOC)CCC1. The van der Waals surface area contributed by atoms with Gasteiger partial charge in [-0.3, -0.25) is 4.99 Å². The van der Waals surface area contributed by atoms with E-state index in [1.54, 1.807) is 7.11 Å². The Bertz CT molecular complexity index is 280. The second kappa shape index (κ2) is 10.3. The summed E-state index contributed by atoms with van der Waals surface area (Å²) in [5.74, 6) is 2.19. The third-order valence-corrected chi connectivity index (χ3v) is 4.87. The van der Waals surface area contributed by atoms with Crippen molar-refractivity contribution in [2.45, 2.75) is 38.5 Å². The van der Waals surface area contributed by atoms with Crippen LogP contribution in [0.3, 0.4) is 0 Å². The maximum absolute atomic E-state index is 5.23. The highest BCUT2D eigenvalue weighted by molar-refractivity contribution is 7.98. The lowest BCUT2D eigenvalue weighted by molar-refractivity contribution is 0.0732. The average molecular weight is 302 g/mol. The van der Waals surface area contributed by atoms with E-state index in [1.165, 1.54) is 37.9 Å². The van der Waals surface area contributed by atoms with Crippen LogP contribution in [-0.4, -0.2) is 51.8 Å². The molecule has 118 valence electrons. The third kappa shape index (κ3) is 6.35. The van der Waals surface area contributed by atoms with Crippen molar-refractivity contribution in [3.63, 3.8) is 0 Å². The number of unbranched alkanes of at least 4 members (excludes halogenated alkanes) is 1. The van der Waals surface area contributed by atoms with Crippen LogP contribution < -0.4 is 10.6 Å². The lowest BCUT2D eigenvalue weighted by atomic mass is 9.67. The summed E-state index contributed by atoms with van der Waals surface area (Å²) in [5.41, 5.74) is 0.437. The van der Waals surface area contributed by atoms with E-state index >= 15 is 0 Å². The summed E-state index contributed by atoms with van der Waals surface area (Å²) in [4.78, 5) is 4.31. The number of hydrogen-bond donors (Lipinski definition) is 2. The van der Waals surface area contributed by atoms with Gasteiger partial charge in [0, 0.05) is 33.9 Å². The van der Waals surface area contributed by atoms with Crippen LogP contribution in [0.1, 0.15) is 38.5 Å². The van der Waals surface area contributed by atoms with Crippen LogP contribution in [0.4, 0.5) is 0 Å². The van der Waals surface area contributed by atoms with Gasteiger partial charge in [0.25, 0.3) is 0 Å². The van der Waals surface area contributed by atoms with E-state index in [1.807, 2.05) is 18.8 Å². The molecule has 20 heavy (non-hydrogen) atoms. The predicted molar refractivity (Wildman–Crippen MR) is 89.8 cm³/mol. The first-order chi connectivity index (χ1) is 9.76. The number of hydrogen-bond acceptors (Lipinski definition) is 3. The van der Waals surface area contributed by atoms with Crippen LogP contribution in [0, 0.1) is 5.41 Å². The fraction of sp³-hybridized carbons (Fsp3) is 0.933. The first-order valence-electron chi connectivity index (χ1n) is 7.69. The van der Waals surface area contributed by atoms with Crippen LogP contribution in [0.25, 0.3) is 0 Å². The van der Waals surface area contributed by atoms with Gasteiger partial charge in [0.2, 0.25) is 0 Å². The van der Waals surface area contributed by atoms with Crippen LogP contribution in [0.15, 0.2) is 4.99 Å². The van der Waals surface area contributed by atoms with Gasteiger partial charge >= 0.3 is 0 Å². The lowest BCUT2D eigenvalue weighted by Gasteiger charge is -2.42. The van der Waals surface area contributed by atoms with E-state index in [9.17, 15) is 0 Å². The zero-order chi connectivity index (χ0) is 14.7. The molecule has 1 rings (SSSR count). The largest absolute Gasteiger partial charge is 0.385 e. The van der Waals surface area contributed by atoms with Gasteiger partial charge in [-0.2, -0.15) is 11.8 Å². The highest BCUT2D eigenvalue weighted by atomic mass is 32.2. The predicted octanol–water partition coefficient (Wildman–Crippen LogP) is 2.50. The fourth-order valence-corrected chi connectivity index (χ4v) is 3.07. The Balaban J connectivity index is 2.19. The molecule has 0 heterocycles. The molecule has 2 N–H and O–H groups in total. The first-order valence-corrected chi connectivity index (χ1v) is 9.08. The van der Waals surface area contributed by atoms with Crippen LogP contribution >= 0.6 is 11.8 Å². The van der Waals surface area contributed by atoms with E-state index in [2.05, 4.69) is 21.9 Å². The molecule has 1 aliphatic carbocycles. The zero-order valence-electron chi connectivity index (χ0n) is 13.3. The Hall–Kier alpha value is -0.420. The minimum Gasteiger partial charge on any atom is -0.385 e. The molecule has 1 fully saturated rings. The Morgan fingerprint density at radius 1 is 1.30 bits per heavy atom. The van der Waals surface area contributed by atoms with Crippen molar-refractivity contribution >= 4 is 17.7 Å². The maximum atomic E-state index is 5.23. The molecule has 0 unspecified atom stereocenters. The smallest absolute Gasteiger partial charge is 0.190 e. The molecular weight excluding hydrogens is 270 g/mol. The molecule has 1 aliphatic rings. The topological polar surface area (TPSA) is 45.7 Å². The summed E-state index contributed by atoms with van der Waals surface area (Å²) in [5, 5.41) is 6.89. The van der Waals surface area contributed by atoms with Gasteiger partial charge in [-0.25, -0.2) is 0 Å². The van der Waals surface area contributed by atoms with Gasteiger partial charge in [0.05, 0.1) is 0 Å². The van der Waals surface area contributed by atoms with Gasteiger partial charge in [-0.05, 0) is 49.5 Å². The number of guanidine groups is 1. The molecule has 1 saturated carbocycles. The minimum absolute atomic E-state index is 0.437. The third-order valence-electron chi connectivity index (χ3n) is 4.17. The number of nitrogens with zero attached hydrogens (tertiary/aromatic N) is 1. The van der Waals surface area contributed by atoms with Crippen LogP contribution in [-0.2, 0) is 4.74 Å². The first kappa shape index (κ1) is 17.6. The quantitative estimate of drug-likeness (QED) is 0.370. The second-order valence-corrected chi connectivity index (χ2v) is 6.63. The van der Waals surface area contributed by atoms with Crippen molar-refractivity contribution < 1.29 is 4.74 Å². The van der Waals surface area contributed by atoms with Gasteiger partial charge in [0.1, 0.15) is 0 Å². The van der Waals surface area contributed by atoms with Gasteiger partial charge < -0.3 is 15.4 Å². The summed E-state index contributed by atoms with van der Waals surface area (Å²) < 4.78 is 5.23. The summed E-state index contributed by atoms with van der Waals surface area (Å²) in [7, 11) is 3.63. The van der Waals surface area contributed by atoms with E-state index < -0.39 is 0 Å². The summed E-state index contributed by atoms with van der Waals surface area (Å²) in [6.07, 6.45) is 9.76. The van der Waals surface area contributed by atoms with Gasteiger partial charge in [0.15, 0.2) is 5.96 Å². The number of nitrogens with one attached hydrogen (secondary N) is 2. The molecule has 0 spiro atoms. The highest BCUT2D eigenvalue weighted by Gasteiger charge is 2.36. The maximum Gasteiger partial charge on any atom is 0.190 e. The fourth-order valence-electron chi connectivity index (χ4n) is 2.58. The molecule has 0 atom stereocenters. The monoisotopic (exact) mass is 301 g/mol. The van der Waals surface area contributed by atoms with Crippen molar-refractivity contribution in [2.24, 2.45) is 10.4 Å². The molecule has 0 aliphatic heterocycles. The van der Waals surface area contributed by atoms with Gasteiger partial charge in [-0.15, -0.1) is 0 Å². The Morgan fingerprint density at radius 3 is 2.65 bits per heavy atom. The minimum atomic E-state index is 0.437. The van der Waals surface area contributed by atoms with Crippen LogP contribution in [0.2, 0.25) is 0 Å². The Morgan fingerprint density at radius 2 is 2.10 bits per heavy atom. The van der Waals surface area contributed by atoms with Gasteiger partial charge in [-0.1, -0.05) is 6.42 Å². The summed E-state index contributed by atoms with van der Waals surface area (Å²) in [6.45, 7) is 2.88. The molecule has 0 radical (unpaired) electrons. The van der Waals surface area contributed by atoms with Crippen molar-refractivity contribution in [3.8, 4) is 0 Å². The van der Waals surface area contributed by atoms with Crippen molar-refractivity contribution in [1.82, 2.24) is 10.6 Å². The summed E-state index contributed by atoms with van der Waals surface area (Å²) >= 11 is 1.91. The molecular formula is C15H31N3OS. The number of aliphatic imine (C=N–C) groups is 1. The van der Waals surface area contributed by atoms with E-state index in [4.69, 9.17) is 4.74 Å².